The third-order valence-electron chi connectivity index (χ3n) is 16.7. The van der Waals surface area contributed by atoms with Crippen LogP contribution in [0.4, 0.5) is 0 Å². The second-order valence-corrected chi connectivity index (χ2v) is 29.2. The van der Waals surface area contributed by atoms with E-state index in [0.717, 1.165) is 154 Å². The maximum Gasteiger partial charge on any atom is 0.472 e. The molecule has 0 aromatic heterocycles. The lowest BCUT2D eigenvalue weighted by molar-refractivity contribution is -0.161. The predicted octanol–water partition coefficient (Wildman–Crippen LogP) is 22.4. The molecular weight excluding hydrogens is 1280 g/mol. The molecule has 0 aliphatic rings. The lowest BCUT2D eigenvalue weighted by atomic mass is 10.1. The van der Waals surface area contributed by atoms with Gasteiger partial charge in [0.05, 0.1) is 26.4 Å². The second-order valence-electron chi connectivity index (χ2n) is 26.3. The number of aliphatic hydroxyl groups excluding tert-OH is 1. The number of esters is 4. The number of phosphoric acid groups is 2. The number of hydrogen-bond acceptors (Lipinski definition) is 15. The van der Waals surface area contributed by atoms with Gasteiger partial charge in [0.1, 0.15) is 19.3 Å². The molecule has 19 heteroatoms. The molecule has 0 aliphatic heterocycles. The van der Waals surface area contributed by atoms with Gasteiger partial charge in [-0.3, -0.25) is 37.3 Å². The van der Waals surface area contributed by atoms with Gasteiger partial charge in [-0.25, -0.2) is 9.13 Å². The molecule has 0 radical (unpaired) electrons. The highest BCUT2D eigenvalue weighted by atomic mass is 31.2. The first kappa shape index (κ1) is 94.5. The van der Waals surface area contributed by atoms with Crippen molar-refractivity contribution in [3.63, 3.8) is 0 Å². The molecule has 0 spiro atoms. The Hall–Kier alpha value is -3.50. The topological polar surface area (TPSA) is 237 Å². The summed E-state index contributed by atoms with van der Waals surface area (Å²) in [5, 5.41) is 10.6. The van der Waals surface area contributed by atoms with E-state index in [1.54, 1.807) is 0 Å². The van der Waals surface area contributed by atoms with Crippen molar-refractivity contribution in [2.75, 3.05) is 39.6 Å². The number of rotatable bonds is 74. The first-order valence-corrected chi connectivity index (χ1v) is 42.2. The van der Waals surface area contributed by atoms with E-state index in [9.17, 15) is 43.2 Å². The molecule has 0 heterocycles. The summed E-state index contributed by atoms with van der Waals surface area (Å²) < 4.78 is 68.5. The third kappa shape index (κ3) is 70.9. The van der Waals surface area contributed by atoms with Crippen molar-refractivity contribution in [3.8, 4) is 0 Å². The van der Waals surface area contributed by atoms with Gasteiger partial charge in [0.25, 0.3) is 0 Å². The molecule has 17 nitrogen and oxygen atoms in total. The van der Waals surface area contributed by atoms with Crippen LogP contribution in [0, 0.1) is 0 Å². The van der Waals surface area contributed by atoms with Crippen LogP contribution in [-0.4, -0.2) is 96.7 Å². The van der Waals surface area contributed by atoms with E-state index in [0.29, 0.717) is 25.7 Å². The molecule has 0 aliphatic carbocycles. The standard InChI is InChI=1S/C79H142O17P2/c1-5-9-13-17-21-25-29-32-35-36-39-41-45-48-52-56-60-64-77(82)89-69-74(95-78(83)65-61-57-53-49-43-28-24-20-16-12-8-4)71-93-97(85,86)91-67-73(80)68-92-98(87,88)94-72-75(96-79(84)66-62-58-54-50-46-42-38-34-31-27-23-19-15-11-7-3)70-90-76(81)63-59-55-51-47-44-40-37-33-30-26-22-18-14-10-6-2/h9,13,21,25,32-35,37-39,41,73-75,80H,5-8,10-12,14-20,22-24,26-31,36,40,42-72H2,1-4H3,(H,85,86)(H,87,88)/b13-9-,25-21-,35-32-,37-33-,38-34-,41-39-. The fraction of sp³-hybridized carbons (Fsp3) is 0.797. The van der Waals surface area contributed by atoms with Crippen LogP contribution in [0.2, 0.25) is 0 Å². The van der Waals surface area contributed by atoms with Crippen LogP contribution in [0.1, 0.15) is 349 Å². The largest absolute Gasteiger partial charge is 0.472 e. The summed E-state index contributed by atoms with van der Waals surface area (Å²) in [5.74, 6) is -2.19. The van der Waals surface area contributed by atoms with Crippen LogP contribution in [0.3, 0.4) is 0 Å². The first-order valence-electron chi connectivity index (χ1n) is 39.2. The molecule has 0 aromatic rings. The summed E-state index contributed by atoms with van der Waals surface area (Å²) in [4.78, 5) is 72.9. The van der Waals surface area contributed by atoms with Crippen molar-refractivity contribution in [1.82, 2.24) is 0 Å². The summed E-state index contributed by atoms with van der Waals surface area (Å²) >= 11 is 0. The van der Waals surface area contributed by atoms with E-state index < -0.39 is 97.5 Å². The van der Waals surface area contributed by atoms with Gasteiger partial charge in [-0.2, -0.15) is 0 Å². The van der Waals surface area contributed by atoms with E-state index in [1.165, 1.54) is 116 Å². The van der Waals surface area contributed by atoms with Crippen molar-refractivity contribution >= 4 is 39.5 Å². The highest BCUT2D eigenvalue weighted by Crippen LogP contribution is 2.45. The van der Waals surface area contributed by atoms with E-state index in [4.69, 9.17) is 37.0 Å². The molecule has 3 N–H and O–H groups in total. The zero-order chi connectivity index (χ0) is 71.8. The van der Waals surface area contributed by atoms with Crippen LogP contribution in [0.25, 0.3) is 0 Å². The number of ether oxygens (including phenoxy) is 4. The molecular formula is C79H142O17P2. The van der Waals surface area contributed by atoms with Crippen molar-refractivity contribution in [2.24, 2.45) is 0 Å². The minimum atomic E-state index is -4.97. The molecule has 98 heavy (non-hydrogen) atoms. The Balaban J connectivity index is 5.33. The van der Waals surface area contributed by atoms with Gasteiger partial charge >= 0.3 is 39.5 Å². The molecule has 0 amide bonds. The molecule has 0 fully saturated rings. The number of carbonyl (C=O) groups is 4. The second kappa shape index (κ2) is 71.9. The minimum absolute atomic E-state index is 0.0868. The summed E-state index contributed by atoms with van der Waals surface area (Å²) in [7, 11) is -9.95. The van der Waals surface area contributed by atoms with Gasteiger partial charge in [-0.15, -0.1) is 0 Å². The Labute approximate surface area is 596 Å². The van der Waals surface area contributed by atoms with Crippen LogP contribution < -0.4 is 0 Å². The Kier molecular flexibility index (Phi) is 69.3. The molecule has 570 valence electrons. The van der Waals surface area contributed by atoms with E-state index in [-0.39, 0.29) is 25.7 Å². The van der Waals surface area contributed by atoms with E-state index in [2.05, 4.69) is 101 Å². The highest BCUT2D eigenvalue weighted by Gasteiger charge is 2.30. The smallest absolute Gasteiger partial charge is 0.462 e. The lowest BCUT2D eigenvalue weighted by Gasteiger charge is -2.21. The van der Waals surface area contributed by atoms with E-state index >= 15 is 0 Å². The number of aliphatic hydroxyl groups is 1. The van der Waals surface area contributed by atoms with Crippen LogP contribution >= 0.6 is 15.6 Å². The van der Waals surface area contributed by atoms with Gasteiger partial charge in [0.2, 0.25) is 0 Å². The third-order valence-corrected chi connectivity index (χ3v) is 18.6. The zero-order valence-corrected chi connectivity index (χ0v) is 64.0. The lowest BCUT2D eigenvalue weighted by Crippen LogP contribution is -2.30. The Morgan fingerprint density at radius 1 is 0.296 bits per heavy atom. The van der Waals surface area contributed by atoms with E-state index in [1.807, 2.05) is 0 Å². The molecule has 0 saturated heterocycles. The van der Waals surface area contributed by atoms with Crippen molar-refractivity contribution in [2.45, 2.75) is 367 Å². The maximum atomic E-state index is 13.1. The number of phosphoric ester groups is 2. The number of allylic oxidation sites excluding steroid dienone is 12. The molecule has 0 saturated carbocycles. The van der Waals surface area contributed by atoms with Crippen molar-refractivity contribution in [1.29, 1.82) is 0 Å². The quantitative estimate of drug-likeness (QED) is 0.0169. The van der Waals surface area contributed by atoms with Gasteiger partial charge in [0.15, 0.2) is 12.2 Å². The summed E-state index contributed by atoms with van der Waals surface area (Å²) in [5.41, 5.74) is 0. The summed E-state index contributed by atoms with van der Waals surface area (Å²) in [6, 6.07) is 0. The molecule has 0 aromatic carbocycles. The van der Waals surface area contributed by atoms with Gasteiger partial charge < -0.3 is 33.8 Å². The van der Waals surface area contributed by atoms with Crippen molar-refractivity contribution in [3.05, 3.63) is 72.9 Å². The highest BCUT2D eigenvalue weighted by molar-refractivity contribution is 7.47. The average Bonchev–Trinajstić information content (AvgIpc) is 0.986. The number of hydrogen-bond donors (Lipinski definition) is 3. The minimum Gasteiger partial charge on any atom is -0.462 e. The number of carbonyl (C=O) groups excluding carboxylic acids is 4. The normalized spacial score (nSPS) is 14.3. The van der Waals surface area contributed by atoms with Crippen LogP contribution in [-0.2, 0) is 65.4 Å². The summed E-state index contributed by atoms with van der Waals surface area (Å²) in [6.45, 7) is 4.75. The first-order chi connectivity index (χ1) is 47.7. The Morgan fingerprint density at radius 2 is 0.531 bits per heavy atom. The Bertz CT molecular complexity index is 2140. The fourth-order valence-corrected chi connectivity index (χ4v) is 12.3. The molecule has 5 atom stereocenters. The predicted molar refractivity (Wildman–Crippen MR) is 400 cm³/mol. The SMILES string of the molecule is CC/C=C\C/C=C\C/C=C\C/C=C\CCCCCCC(=O)OCC(COP(=O)(O)OCC(O)COP(=O)(O)OCC(COC(=O)CCCCCCC/C=C\CCCCCCCC)OC(=O)CCCCCCC/C=C\CCCCCCCC)OC(=O)CCCCCCCCCCCCC. The average molecular weight is 1430 g/mol. The Morgan fingerprint density at radius 3 is 0.827 bits per heavy atom. The van der Waals surface area contributed by atoms with Crippen LogP contribution in [0.15, 0.2) is 72.9 Å². The molecule has 0 bridgehead atoms. The maximum absolute atomic E-state index is 13.1. The molecule has 5 unspecified atom stereocenters. The zero-order valence-electron chi connectivity index (χ0n) is 62.2. The van der Waals surface area contributed by atoms with Gasteiger partial charge in [-0.05, 0) is 116 Å². The van der Waals surface area contributed by atoms with Gasteiger partial charge in [0, 0.05) is 25.7 Å². The monoisotopic (exact) mass is 1420 g/mol. The van der Waals surface area contributed by atoms with Crippen molar-refractivity contribution < 1.29 is 80.2 Å². The van der Waals surface area contributed by atoms with Gasteiger partial charge in [-0.1, -0.05) is 280 Å². The van der Waals surface area contributed by atoms with Crippen LogP contribution in [0.5, 0.6) is 0 Å². The number of unbranched alkanes of at least 4 members (excludes halogenated alkanes) is 36. The molecule has 0 rings (SSSR count). The fourth-order valence-electron chi connectivity index (χ4n) is 10.7. The summed E-state index contributed by atoms with van der Waals surface area (Å²) in [6.07, 6.45) is 71.7.